The van der Waals surface area contributed by atoms with Gasteiger partial charge in [0, 0.05) is 19.1 Å². The fraction of sp³-hybridized carbons (Fsp3) is 0.650. The Morgan fingerprint density at radius 2 is 1.92 bits per heavy atom. The second kappa shape index (κ2) is 6.61. The molecule has 4 rings (SSSR count). The van der Waals surface area contributed by atoms with Crippen molar-refractivity contribution in [2.45, 2.75) is 62.2 Å². The molecule has 0 aromatic heterocycles. The van der Waals surface area contributed by atoms with Crippen LogP contribution in [0.1, 0.15) is 56.6 Å². The maximum atomic E-state index is 13.1. The zero-order valence-electron chi connectivity index (χ0n) is 15.0. The first kappa shape index (κ1) is 16.9. The van der Waals surface area contributed by atoms with Crippen molar-refractivity contribution in [1.29, 1.82) is 0 Å². The van der Waals surface area contributed by atoms with E-state index in [1.807, 2.05) is 18.2 Å². The number of hydrogen-bond acceptors (Lipinski definition) is 4. The highest BCUT2D eigenvalue weighted by atomic mass is 16.5. The quantitative estimate of drug-likeness (QED) is 0.885. The summed E-state index contributed by atoms with van der Waals surface area (Å²) in [7, 11) is 1.65. The molecular weight excluding hydrogens is 316 g/mol. The molecule has 1 amide bonds. The summed E-state index contributed by atoms with van der Waals surface area (Å²) >= 11 is 0. The summed E-state index contributed by atoms with van der Waals surface area (Å²) in [5, 5.41) is 6.62. The van der Waals surface area contributed by atoms with Crippen LogP contribution in [0.15, 0.2) is 24.3 Å². The molecule has 1 aromatic carbocycles. The molecule has 5 nitrogen and oxygen atoms in total. The number of benzene rings is 1. The van der Waals surface area contributed by atoms with Gasteiger partial charge in [0.05, 0.1) is 6.04 Å². The highest BCUT2D eigenvalue weighted by Gasteiger charge is 2.46. The van der Waals surface area contributed by atoms with Gasteiger partial charge in [-0.2, -0.15) is 0 Å². The van der Waals surface area contributed by atoms with Gasteiger partial charge in [0.25, 0.3) is 5.91 Å². The van der Waals surface area contributed by atoms with Crippen molar-refractivity contribution >= 4 is 5.91 Å². The topological polar surface area (TPSA) is 59.6 Å². The van der Waals surface area contributed by atoms with Crippen LogP contribution in [-0.2, 0) is 9.53 Å². The monoisotopic (exact) mass is 344 g/mol. The first-order valence-electron chi connectivity index (χ1n) is 9.51. The van der Waals surface area contributed by atoms with Gasteiger partial charge in [-0.1, -0.05) is 18.2 Å². The normalized spacial score (nSPS) is 26.7. The fourth-order valence-electron chi connectivity index (χ4n) is 4.72. The fourth-order valence-corrected chi connectivity index (χ4v) is 4.72. The van der Waals surface area contributed by atoms with Crippen LogP contribution in [0.2, 0.25) is 0 Å². The molecule has 2 N–H and O–H groups in total. The molecule has 5 heteroatoms. The standard InChI is InChI=1S/C20H28N2O3/c1-24-20(10-12-21-13-11-20)18(23)22-16-14-19(8-4-5-9-19)25-17-7-3-2-6-15(16)17/h2-3,6-7,16,21H,4-5,8-14H2,1H3,(H,22,23). The van der Waals surface area contributed by atoms with Crippen LogP contribution in [0, 0.1) is 0 Å². The molecule has 2 aliphatic heterocycles. The van der Waals surface area contributed by atoms with Gasteiger partial charge >= 0.3 is 0 Å². The van der Waals surface area contributed by atoms with Crippen LogP contribution in [0.4, 0.5) is 0 Å². The van der Waals surface area contributed by atoms with E-state index in [-0.39, 0.29) is 17.6 Å². The van der Waals surface area contributed by atoms with E-state index in [0.29, 0.717) is 12.8 Å². The van der Waals surface area contributed by atoms with E-state index in [2.05, 4.69) is 16.7 Å². The van der Waals surface area contributed by atoms with E-state index in [1.165, 1.54) is 12.8 Å². The maximum Gasteiger partial charge on any atom is 0.252 e. The van der Waals surface area contributed by atoms with Crippen LogP contribution in [0.5, 0.6) is 5.75 Å². The number of amides is 1. The number of para-hydroxylation sites is 1. The number of carbonyl (C=O) groups is 1. The largest absolute Gasteiger partial charge is 0.487 e. The van der Waals surface area contributed by atoms with Gasteiger partial charge in [0.15, 0.2) is 0 Å². The highest BCUT2D eigenvalue weighted by molar-refractivity contribution is 5.86. The Morgan fingerprint density at radius 3 is 2.64 bits per heavy atom. The molecule has 1 atom stereocenters. The molecule has 2 fully saturated rings. The molecule has 1 unspecified atom stereocenters. The number of fused-ring (bicyclic) bond motifs is 1. The molecule has 1 aliphatic carbocycles. The summed E-state index contributed by atoms with van der Waals surface area (Å²) in [4.78, 5) is 13.1. The second-order valence-corrected chi connectivity index (χ2v) is 7.71. The Hall–Kier alpha value is -1.59. The smallest absolute Gasteiger partial charge is 0.252 e. The molecule has 1 saturated heterocycles. The molecule has 1 aromatic rings. The van der Waals surface area contributed by atoms with Gasteiger partial charge in [-0.25, -0.2) is 0 Å². The lowest BCUT2D eigenvalue weighted by Gasteiger charge is -2.42. The first-order chi connectivity index (χ1) is 12.2. The zero-order valence-corrected chi connectivity index (χ0v) is 15.0. The summed E-state index contributed by atoms with van der Waals surface area (Å²) in [5.74, 6) is 0.948. The summed E-state index contributed by atoms with van der Waals surface area (Å²) in [6.07, 6.45) is 6.84. The van der Waals surface area contributed by atoms with E-state index >= 15 is 0 Å². The van der Waals surface area contributed by atoms with Crippen molar-refractivity contribution in [2.24, 2.45) is 0 Å². The molecule has 136 valence electrons. The lowest BCUT2D eigenvalue weighted by atomic mass is 9.84. The lowest BCUT2D eigenvalue weighted by molar-refractivity contribution is -0.148. The van der Waals surface area contributed by atoms with Gasteiger partial charge in [-0.15, -0.1) is 0 Å². The Labute approximate surface area is 149 Å². The lowest BCUT2D eigenvalue weighted by Crippen LogP contribution is -2.55. The number of rotatable bonds is 3. The minimum Gasteiger partial charge on any atom is -0.487 e. The third-order valence-electron chi connectivity index (χ3n) is 6.23. The Kier molecular flexibility index (Phi) is 4.46. The molecule has 0 bridgehead atoms. The number of hydrogen-bond donors (Lipinski definition) is 2. The SMILES string of the molecule is COC1(C(=O)NC2CC3(CCCC3)Oc3ccccc32)CCNCC1. The minimum atomic E-state index is -0.707. The molecule has 3 aliphatic rings. The molecule has 0 radical (unpaired) electrons. The number of piperidine rings is 1. The van der Waals surface area contributed by atoms with Gasteiger partial charge in [0.2, 0.25) is 0 Å². The number of nitrogens with one attached hydrogen (secondary N) is 2. The summed E-state index contributed by atoms with van der Waals surface area (Å²) in [6.45, 7) is 1.63. The van der Waals surface area contributed by atoms with Crippen molar-refractivity contribution in [1.82, 2.24) is 10.6 Å². The third kappa shape index (κ3) is 3.04. The van der Waals surface area contributed by atoms with E-state index in [1.54, 1.807) is 7.11 Å². The van der Waals surface area contributed by atoms with Crippen molar-refractivity contribution in [2.75, 3.05) is 20.2 Å². The Balaban J connectivity index is 1.59. The summed E-state index contributed by atoms with van der Waals surface area (Å²) in [5.41, 5.74) is 0.274. The van der Waals surface area contributed by atoms with E-state index < -0.39 is 5.60 Å². The molecular formula is C20H28N2O3. The molecule has 2 heterocycles. The number of methoxy groups -OCH3 is 1. The van der Waals surface area contributed by atoms with Crippen LogP contribution < -0.4 is 15.4 Å². The van der Waals surface area contributed by atoms with E-state index in [9.17, 15) is 4.79 Å². The predicted molar refractivity (Wildman–Crippen MR) is 95.6 cm³/mol. The van der Waals surface area contributed by atoms with Crippen LogP contribution >= 0.6 is 0 Å². The first-order valence-corrected chi connectivity index (χ1v) is 9.51. The van der Waals surface area contributed by atoms with Crippen molar-refractivity contribution < 1.29 is 14.3 Å². The Bertz CT molecular complexity index is 634. The molecule has 1 saturated carbocycles. The van der Waals surface area contributed by atoms with Crippen LogP contribution in [0.3, 0.4) is 0 Å². The molecule has 25 heavy (non-hydrogen) atoms. The summed E-state index contributed by atoms with van der Waals surface area (Å²) in [6, 6.07) is 8.13. The zero-order chi connectivity index (χ0) is 17.3. The van der Waals surface area contributed by atoms with E-state index in [4.69, 9.17) is 9.47 Å². The van der Waals surface area contributed by atoms with Gasteiger partial charge in [0.1, 0.15) is 17.0 Å². The van der Waals surface area contributed by atoms with Gasteiger partial charge in [-0.3, -0.25) is 4.79 Å². The minimum absolute atomic E-state index is 0.00235. The summed E-state index contributed by atoms with van der Waals surface area (Å²) < 4.78 is 12.1. The average Bonchev–Trinajstić information content (AvgIpc) is 3.09. The Morgan fingerprint density at radius 1 is 1.20 bits per heavy atom. The van der Waals surface area contributed by atoms with Gasteiger partial charge < -0.3 is 20.1 Å². The molecule has 1 spiro atoms. The van der Waals surface area contributed by atoms with Crippen molar-refractivity contribution in [3.63, 3.8) is 0 Å². The second-order valence-electron chi connectivity index (χ2n) is 7.71. The highest BCUT2D eigenvalue weighted by Crippen LogP contribution is 2.47. The van der Waals surface area contributed by atoms with E-state index in [0.717, 1.165) is 43.7 Å². The predicted octanol–water partition coefficient (Wildman–Crippen LogP) is 2.71. The number of carbonyl (C=O) groups excluding carboxylic acids is 1. The van der Waals surface area contributed by atoms with Gasteiger partial charge in [-0.05, 0) is 57.7 Å². The van der Waals surface area contributed by atoms with Crippen molar-refractivity contribution in [3.05, 3.63) is 29.8 Å². The maximum absolute atomic E-state index is 13.1. The average molecular weight is 344 g/mol. The number of ether oxygens (including phenoxy) is 2. The van der Waals surface area contributed by atoms with Crippen LogP contribution in [-0.4, -0.2) is 37.3 Å². The third-order valence-corrected chi connectivity index (χ3v) is 6.23. The van der Waals surface area contributed by atoms with Crippen LogP contribution in [0.25, 0.3) is 0 Å². The van der Waals surface area contributed by atoms with Crippen molar-refractivity contribution in [3.8, 4) is 5.75 Å².